The highest BCUT2D eigenvalue weighted by Crippen LogP contribution is 1.98. The van der Waals surface area contributed by atoms with Crippen LogP contribution in [0.5, 0.6) is 0 Å². The van der Waals surface area contributed by atoms with Crippen LogP contribution in [0.1, 0.15) is 13.8 Å². The monoisotopic (exact) mass is 157 g/mol. The molecule has 0 saturated carbocycles. The normalized spacial score (nSPS) is 30.3. The van der Waals surface area contributed by atoms with Crippen LogP contribution in [-0.2, 0) is 0 Å². The van der Waals surface area contributed by atoms with Gasteiger partial charge in [-0.05, 0) is 13.8 Å². The van der Waals surface area contributed by atoms with E-state index in [2.05, 4.69) is 24.1 Å². The Morgan fingerprint density at radius 1 is 1.73 bits per heavy atom. The molecule has 2 atom stereocenters. The van der Waals surface area contributed by atoms with Gasteiger partial charge >= 0.3 is 0 Å². The van der Waals surface area contributed by atoms with Crippen LogP contribution in [0.3, 0.4) is 0 Å². The lowest BCUT2D eigenvalue weighted by molar-refractivity contribution is 0.199. The van der Waals surface area contributed by atoms with E-state index in [-0.39, 0.29) is 0 Å². The number of piperazine rings is 1. The van der Waals surface area contributed by atoms with Crippen LogP contribution in [-0.4, -0.2) is 43.2 Å². The molecule has 3 N–H and O–H groups in total. The number of nitrogens with one attached hydrogen (secondary N) is 1. The summed E-state index contributed by atoms with van der Waals surface area (Å²) in [5.74, 6) is 0. The van der Waals surface area contributed by atoms with Crippen LogP contribution < -0.4 is 11.1 Å². The Labute approximate surface area is 68.9 Å². The summed E-state index contributed by atoms with van der Waals surface area (Å²) in [6.07, 6.45) is 0. The molecule has 3 nitrogen and oxygen atoms in total. The van der Waals surface area contributed by atoms with Crippen molar-refractivity contribution in [2.75, 3.05) is 26.2 Å². The molecule has 0 aromatic carbocycles. The summed E-state index contributed by atoms with van der Waals surface area (Å²) in [4.78, 5) is 2.42. The third-order valence-corrected chi connectivity index (χ3v) is 2.00. The van der Waals surface area contributed by atoms with Crippen molar-refractivity contribution >= 4 is 0 Å². The third kappa shape index (κ3) is 3.18. The molecule has 1 saturated heterocycles. The van der Waals surface area contributed by atoms with E-state index in [1.54, 1.807) is 0 Å². The molecule has 0 amide bonds. The van der Waals surface area contributed by atoms with Crippen LogP contribution in [0.25, 0.3) is 0 Å². The minimum Gasteiger partial charge on any atom is -0.327 e. The van der Waals surface area contributed by atoms with Crippen molar-refractivity contribution < 1.29 is 0 Å². The summed E-state index contributed by atoms with van der Waals surface area (Å²) in [5.41, 5.74) is 5.71. The highest BCUT2D eigenvalue weighted by Gasteiger charge is 2.15. The summed E-state index contributed by atoms with van der Waals surface area (Å²) in [7, 11) is 0. The maximum atomic E-state index is 5.71. The average molecular weight is 157 g/mol. The Hall–Kier alpha value is -0.120. The lowest BCUT2D eigenvalue weighted by Gasteiger charge is -2.32. The smallest absolute Gasteiger partial charge is 0.0167 e. The van der Waals surface area contributed by atoms with E-state index in [1.165, 1.54) is 0 Å². The Balaban J connectivity index is 2.23. The van der Waals surface area contributed by atoms with Crippen molar-refractivity contribution in [3.63, 3.8) is 0 Å². The molecule has 1 aliphatic rings. The van der Waals surface area contributed by atoms with Gasteiger partial charge < -0.3 is 11.1 Å². The van der Waals surface area contributed by atoms with Gasteiger partial charge in [0.25, 0.3) is 0 Å². The lowest BCUT2D eigenvalue weighted by atomic mass is 10.2. The molecule has 1 aliphatic heterocycles. The minimum atomic E-state index is 0.306. The Bertz CT molecular complexity index is 112. The molecular weight excluding hydrogens is 138 g/mol. The number of hydrogen-bond acceptors (Lipinski definition) is 3. The number of rotatable bonds is 2. The standard InChI is InChI=1S/C8H19N3/c1-7(9)5-11-4-3-10-8(2)6-11/h7-8,10H,3-6,9H2,1-2H3. The van der Waals surface area contributed by atoms with Crippen molar-refractivity contribution in [2.45, 2.75) is 25.9 Å². The molecule has 1 fully saturated rings. The van der Waals surface area contributed by atoms with E-state index in [0.29, 0.717) is 12.1 Å². The van der Waals surface area contributed by atoms with E-state index >= 15 is 0 Å². The largest absolute Gasteiger partial charge is 0.327 e. The second-order valence-electron chi connectivity index (χ2n) is 3.59. The maximum Gasteiger partial charge on any atom is 0.0167 e. The first-order valence-corrected chi connectivity index (χ1v) is 4.40. The zero-order valence-corrected chi connectivity index (χ0v) is 7.51. The van der Waals surface area contributed by atoms with Gasteiger partial charge in [-0.1, -0.05) is 0 Å². The van der Waals surface area contributed by atoms with Gasteiger partial charge in [-0.15, -0.1) is 0 Å². The van der Waals surface area contributed by atoms with Gasteiger partial charge in [-0.3, -0.25) is 4.90 Å². The van der Waals surface area contributed by atoms with Gasteiger partial charge in [0.05, 0.1) is 0 Å². The van der Waals surface area contributed by atoms with Crippen LogP contribution in [0.4, 0.5) is 0 Å². The predicted octanol–water partition coefficient (Wildman–Crippen LogP) is -0.373. The zero-order chi connectivity index (χ0) is 8.27. The number of nitrogens with zero attached hydrogens (tertiary/aromatic N) is 1. The van der Waals surface area contributed by atoms with Crippen molar-refractivity contribution in [3.8, 4) is 0 Å². The molecule has 1 rings (SSSR count). The summed E-state index contributed by atoms with van der Waals surface area (Å²) >= 11 is 0. The molecule has 3 heteroatoms. The first-order chi connectivity index (χ1) is 5.18. The van der Waals surface area contributed by atoms with E-state index in [1.807, 2.05) is 0 Å². The molecule has 0 aliphatic carbocycles. The topological polar surface area (TPSA) is 41.3 Å². The van der Waals surface area contributed by atoms with Crippen molar-refractivity contribution in [3.05, 3.63) is 0 Å². The Kier molecular flexibility index (Phi) is 3.30. The molecule has 1 heterocycles. The van der Waals surface area contributed by atoms with Crippen LogP contribution >= 0.6 is 0 Å². The van der Waals surface area contributed by atoms with E-state index in [9.17, 15) is 0 Å². The molecule has 66 valence electrons. The highest BCUT2D eigenvalue weighted by molar-refractivity contribution is 4.76. The molecular formula is C8H19N3. The maximum absolute atomic E-state index is 5.71. The molecule has 0 aromatic heterocycles. The van der Waals surface area contributed by atoms with E-state index < -0.39 is 0 Å². The first-order valence-electron chi connectivity index (χ1n) is 4.40. The quantitative estimate of drug-likeness (QED) is 0.574. The summed E-state index contributed by atoms with van der Waals surface area (Å²) in [6.45, 7) is 8.70. The van der Waals surface area contributed by atoms with Gasteiger partial charge in [-0.2, -0.15) is 0 Å². The molecule has 0 bridgehead atoms. The minimum absolute atomic E-state index is 0.306. The van der Waals surface area contributed by atoms with Gasteiger partial charge in [0.15, 0.2) is 0 Å². The van der Waals surface area contributed by atoms with E-state index in [4.69, 9.17) is 5.73 Å². The lowest BCUT2D eigenvalue weighted by Crippen LogP contribution is -2.51. The predicted molar refractivity (Wildman–Crippen MR) is 47.6 cm³/mol. The molecule has 2 unspecified atom stereocenters. The van der Waals surface area contributed by atoms with Gasteiger partial charge in [0.2, 0.25) is 0 Å². The van der Waals surface area contributed by atoms with E-state index in [0.717, 1.165) is 26.2 Å². The summed E-state index contributed by atoms with van der Waals surface area (Å²) in [6, 6.07) is 0.933. The number of hydrogen-bond donors (Lipinski definition) is 2. The molecule has 0 radical (unpaired) electrons. The molecule has 0 aromatic rings. The summed E-state index contributed by atoms with van der Waals surface area (Å²) < 4.78 is 0. The number of nitrogens with two attached hydrogens (primary N) is 1. The SMILES string of the molecule is CC(N)CN1CCNC(C)C1. The van der Waals surface area contributed by atoms with Crippen LogP contribution in [0, 0.1) is 0 Å². The fourth-order valence-electron chi connectivity index (χ4n) is 1.59. The zero-order valence-electron chi connectivity index (χ0n) is 7.51. The van der Waals surface area contributed by atoms with Crippen molar-refractivity contribution in [1.82, 2.24) is 10.2 Å². The fraction of sp³-hybridized carbons (Fsp3) is 1.00. The first kappa shape index (κ1) is 8.97. The Morgan fingerprint density at radius 3 is 3.00 bits per heavy atom. The Morgan fingerprint density at radius 2 is 2.45 bits per heavy atom. The fourth-order valence-corrected chi connectivity index (χ4v) is 1.59. The highest BCUT2D eigenvalue weighted by atomic mass is 15.2. The molecule has 0 spiro atoms. The van der Waals surface area contributed by atoms with Gasteiger partial charge in [0.1, 0.15) is 0 Å². The van der Waals surface area contributed by atoms with Crippen molar-refractivity contribution in [2.24, 2.45) is 5.73 Å². The summed E-state index contributed by atoms with van der Waals surface area (Å²) in [5, 5.41) is 3.40. The second kappa shape index (κ2) is 4.04. The second-order valence-corrected chi connectivity index (χ2v) is 3.59. The molecule has 11 heavy (non-hydrogen) atoms. The van der Waals surface area contributed by atoms with Crippen molar-refractivity contribution in [1.29, 1.82) is 0 Å². The average Bonchev–Trinajstić information content (AvgIpc) is 1.85. The van der Waals surface area contributed by atoms with Gasteiger partial charge in [-0.25, -0.2) is 0 Å². The third-order valence-electron chi connectivity index (χ3n) is 2.00. The van der Waals surface area contributed by atoms with Crippen LogP contribution in [0.2, 0.25) is 0 Å². The van der Waals surface area contributed by atoms with Gasteiger partial charge in [0, 0.05) is 38.3 Å². The van der Waals surface area contributed by atoms with Crippen LogP contribution in [0.15, 0.2) is 0 Å².